The van der Waals surface area contributed by atoms with Crippen LogP contribution in [0.25, 0.3) is 0 Å². The minimum atomic E-state index is -3.59. The highest BCUT2D eigenvalue weighted by atomic mass is 32.2. The molecule has 27 heavy (non-hydrogen) atoms. The van der Waals surface area contributed by atoms with Crippen LogP contribution in [0.5, 0.6) is 0 Å². The van der Waals surface area contributed by atoms with Gasteiger partial charge in [0.15, 0.2) is 0 Å². The van der Waals surface area contributed by atoms with Crippen molar-refractivity contribution in [3.8, 4) is 0 Å². The first-order valence-corrected chi connectivity index (χ1v) is 10.8. The Kier molecular flexibility index (Phi) is 6.31. The van der Waals surface area contributed by atoms with Crippen molar-refractivity contribution in [1.82, 2.24) is 5.32 Å². The molecule has 0 aromatic heterocycles. The SMILES string of the molecule is Cc1ccc(C)c(N(CC(=O)NC(C)c2ccc(C)c(C)c2)S(C)(=O)=O)c1. The highest BCUT2D eigenvalue weighted by Gasteiger charge is 2.23. The number of amides is 1. The fourth-order valence-corrected chi connectivity index (χ4v) is 3.81. The molecule has 0 bridgehead atoms. The molecule has 0 aliphatic rings. The first-order valence-electron chi connectivity index (χ1n) is 8.90. The summed E-state index contributed by atoms with van der Waals surface area (Å²) in [5.41, 5.74) is 5.61. The number of carbonyl (C=O) groups is 1. The molecule has 0 saturated heterocycles. The molecule has 0 spiro atoms. The van der Waals surface area contributed by atoms with E-state index in [0.29, 0.717) is 5.69 Å². The lowest BCUT2D eigenvalue weighted by Crippen LogP contribution is -2.41. The van der Waals surface area contributed by atoms with Crippen molar-refractivity contribution < 1.29 is 13.2 Å². The largest absolute Gasteiger partial charge is 0.348 e. The number of nitrogens with zero attached hydrogens (tertiary/aromatic N) is 1. The number of rotatable bonds is 6. The summed E-state index contributed by atoms with van der Waals surface area (Å²) in [5.74, 6) is -0.341. The summed E-state index contributed by atoms with van der Waals surface area (Å²) in [5, 5.41) is 2.90. The van der Waals surface area contributed by atoms with Crippen molar-refractivity contribution in [3.05, 3.63) is 64.2 Å². The van der Waals surface area contributed by atoms with E-state index < -0.39 is 10.0 Å². The molecule has 0 aliphatic heterocycles. The highest BCUT2D eigenvalue weighted by Crippen LogP contribution is 2.24. The van der Waals surface area contributed by atoms with Gasteiger partial charge in [0.1, 0.15) is 6.54 Å². The van der Waals surface area contributed by atoms with E-state index in [9.17, 15) is 13.2 Å². The minimum Gasteiger partial charge on any atom is -0.348 e. The molecule has 5 nitrogen and oxygen atoms in total. The number of hydrogen-bond acceptors (Lipinski definition) is 3. The lowest BCUT2D eigenvalue weighted by molar-refractivity contribution is -0.120. The van der Waals surface area contributed by atoms with Crippen molar-refractivity contribution in [1.29, 1.82) is 0 Å². The van der Waals surface area contributed by atoms with Gasteiger partial charge >= 0.3 is 0 Å². The van der Waals surface area contributed by atoms with E-state index in [-0.39, 0.29) is 18.5 Å². The molecule has 1 unspecified atom stereocenters. The monoisotopic (exact) mass is 388 g/mol. The average molecular weight is 389 g/mol. The van der Waals surface area contributed by atoms with E-state index in [2.05, 4.69) is 5.32 Å². The molecule has 2 rings (SSSR count). The summed E-state index contributed by atoms with van der Waals surface area (Å²) in [6, 6.07) is 11.4. The fraction of sp³-hybridized carbons (Fsp3) is 0.381. The maximum atomic E-state index is 12.6. The van der Waals surface area contributed by atoms with Gasteiger partial charge in [0.05, 0.1) is 18.0 Å². The number of benzene rings is 2. The number of nitrogens with one attached hydrogen (secondary N) is 1. The molecule has 2 aromatic rings. The van der Waals surface area contributed by atoms with Gasteiger partial charge in [-0.1, -0.05) is 30.3 Å². The van der Waals surface area contributed by atoms with Gasteiger partial charge in [0.25, 0.3) is 0 Å². The van der Waals surface area contributed by atoms with E-state index in [4.69, 9.17) is 0 Å². The number of sulfonamides is 1. The van der Waals surface area contributed by atoms with Gasteiger partial charge in [-0.25, -0.2) is 8.42 Å². The van der Waals surface area contributed by atoms with Crippen LogP contribution in [0, 0.1) is 27.7 Å². The van der Waals surface area contributed by atoms with E-state index in [1.807, 2.05) is 65.0 Å². The summed E-state index contributed by atoms with van der Waals surface area (Å²) in [6.45, 7) is 9.44. The predicted molar refractivity (Wildman–Crippen MR) is 111 cm³/mol. The van der Waals surface area contributed by atoms with Crippen molar-refractivity contribution in [2.45, 2.75) is 40.7 Å². The molecule has 2 aromatic carbocycles. The van der Waals surface area contributed by atoms with Gasteiger partial charge in [-0.3, -0.25) is 9.10 Å². The Hall–Kier alpha value is -2.34. The Balaban J connectivity index is 2.21. The molecule has 1 atom stereocenters. The molecule has 1 amide bonds. The van der Waals surface area contributed by atoms with Gasteiger partial charge in [-0.05, 0) is 68.5 Å². The third-order valence-corrected chi connectivity index (χ3v) is 5.86. The molecule has 0 fully saturated rings. The zero-order valence-corrected chi connectivity index (χ0v) is 17.6. The molecule has 146 valence electrons. The van der Waals surface area contributed by atoms with Crippen LogP contribution in [-0.4, -0.2) is 27.1 Å². The van der Waals surface area contributed by atoms with Gasteiger partial charge in [0, 0.05) is 0 Å². The molecule has 1 N–H and O–H groups in total. The first kappa shape index (κ1) is 21.0. The third kappa shape index (κ3) is 5.32. The third-order valence-electron chi connectivity index (χ3n) is 4.73. The second-order valence-corrected chi connectivity index (χ2v) is 9.10. The van der Waals surface area contributed by atoms with Crippen LogP contribution in [0.3, 0.4) is 0 Å². The Labute approximate surface area is 162 Å². The summed E-state index contributed by atoms with van der Waals surface area (Å²) < 4.78 is 25.8. The Morgan fingerprint density at radius 1 is 1.00 bits per heavy atom. The normalized spacial score (nSPS) is 12.5. The highest BCUT2D eigenvalue weighted by molar-refractivity contribution is 7.92. The average Bonchev–Trinajstić information content (AvgIpc) is 2.56. The first-order chi connectivity index (χ1) is 12.5. The summed E-state index contributed by atoms with van der Waals surface area (Å²) >= 11 is 0. The van der Waals surface area contributed by atoms with Crippen LogP contribution in [0.4, 0.5) is 5.69 Å². The van der Waals surface area contributed by atoms with Crippen LogP contribution < -0.4 is 9.62 Å². The van der Waals surface area contributed by atoms with Gasteiger partial charge < -0.3 is 5.32 Å². The standard InChI is InChI=1S/C21H28N2O3S/c1-14-7-8-16(3)20(11-14)23(27(6,25)26)13-21(24)22-18(5)19-10-9-15(2)17(4)12-19/h7-12,18H,13H2,1-6H3,(H,22,24). The number of anilines is 1. The molecule has 0 radical (unpaired) electrons. The number of hydrogen-bond donors (Lipinski definition) is 1. The molecule has 0 aliphatic carbocycles. The second-order valence-electron chi connectivity index (χ2n) is 7.19. The van der Waals surface area contributed by atoms with Gasteiger partial charge in [-0.15, -0.1) is 0 Å². The van der Waals surface area contributed by atoms with E-state index >= 15 is 0 Å². The van der Waals surface area contributed by atoms with Crippen LogP contribution in [0.2, 0.25) is 0 Å². The topological polar surface area (TPSA) is 66.5 Å². The maximum absolute atomic E-state index is 12.6. The van der Waals surface area contributed by atoms with Crippen LogP contribution in [0.1, 0.15) is 40.8 Å². The van der Waals surface area contributed by atoms with Gasteiger partial charge in [0.2, 0.25) is 15.9 Å². The predicted octanol–water partition coefficient (Wildman–Crippen LogP) is 3.56. The molecular formula is C21H28N2O3S. The van der Waals surface area contributed by atoms with Crippen molar-refractivity contribution >= 4 is 21.6 Å². The minimum absolute atomic E-state index is 0.211. The Morgan fingerprint density at radius 3 is 2.22 bits per heavy atom. The maximum Gasteiger partial charge on any atom is 0.241 e. The molecule has 6 heteroatoms. The van der Waals surface area contributed by atoms with Crippen molar-refractivity contribution in [2.24, 2.45) is 0 Å². The second kappa shape index (κ2) is 8.13. The summed E-state index contributed by atoms with van der Waals surface area (Å²) in [6.07, 6.45) is 1.12. The summed E-state index contributed by atoms with van der Waals surface area (Å²) in [4.78, 5) is 12.6. The lowest BCUT2D eigenvalue weighted by Gasteiger charge is -2.25. The molecule has 0 heterocycles. The van der Waals surface area contributed by atoms with Crippen LogP contribution in [-0.2, 0) is 14.8 Å². The number of carbonyl (C=O) groups excluding carboxylic acids is 1. The van der Waals surface area contributed by atoms with E-state index in [1.54, 1.807) is 6.07 Å². The molecular weight excluding hydrogens is 360 g/mol. The zero-order chi connectivity index (χ0) is 20.4. The van der Waals surface area contributed by atoms with Gasteiger partial charge in [-0.2, -0.15) is 0 Å². The van der Waals surface area contributed by atoms with E-state index in [0.717, 1.165) is 32.8 Å². The van der Waals surface area contributed by atoms with Crippen LogP contribution >= 0.6 is 0 Å². The molecule has 0 saturated carbocycles. The lowest BCUT2D eigenvalue weighted by atomic mass is 10.0. The Bertz CT molecular complexity index is 952. The fourth-order valence-electron chi connectivity index (χ4n) is 2.90. The number of aryl methyl sites for hydroxylation is 4. The van der Waals surface area contributed by atoms with Crippen LogP contribution in [0.15, 0.2) is 36.4 Å². The summed E-state index contributed by atoms with van der Waals surface area (Å²) in [7, 11) is -3.59. The smallest absolute Gasteiger partial charge is 0.241 e. The van der Waals surface area contributed by atoms with Crippen molar-refractivity contribution in [2.75, 3.05) is 17.1 Å². The van der Waals surface area contributed by atoms with Crippen molar-refractivity contribution in [3.63, 3.8) is 0 Å². The quantitative estimate of drug-likeness (QED) is 0.823. The Morgan fingerprint density at radius 2 is 1.63 bits per heavy atom. The van der Waals surface area contributed by atoms with E-state index in [1.165, 1.54) is 5.56 Å². The zero-order valence-electron chi connectivity index (χ0n) is 16.8.